The summed E-state index contributed by atoms with van der Waals surface area (Å²) >= 11 is 0. The highest BCUT2D eigenvalue weighted by molar-refractivity contribution is 5.10. The van der Waals surface area contributed by atoms with Gasteiger partial charge in [0.15, 0.2) is 0 Å². The van der Waals surface area contributed by atoms with Crippen LogP contribution in [-0.4, -0.2) is 16.4 Å². The number of nitrogens with zero attached hydrogens (tertiary/aromatic N) is 2. The SMILES string of the molecule is CCOc1c(F)cnn1CC. The van der Waals surface area contributed by atoms with Crippen molar-refractivity contribution >= 4 is 0 Å². The van der Waals surface area contributed by atoms with Crippen LogP contribution in [0.1, 0.15) is 13.8 Å². The van der Waals surface area contributed by atoms with Crippen molar-refractivity contribution in [2.75, 3.05) is 6.61 Å². The Bertz CT molecular complexity index is 234. The third kappa shape index (κ3) is 1.50. The molecule has 0 fully saturated rings. The molecule has 0 spiro atoms. The van der Waals surface area contributed by atoms with Gasteiger partial charge in [0.2, 0.25) is 11.7 Å². The Kier molecular flexibility index (Phi) is 2.46. The van der Waals surface area contributed by atoms with Crippen LogP contribution in [0.25, 0.3) is 0 Å². The lowest BCUT2D eigenvalue weighted by atomic mass is 10.6. The molecule has 0 radical (unpaired) electrons. The lowest BCUT2D eigenvalue weighted by Gasteiger charge is -2.03. The number of halogens is 1. The molecular weight excluding hydrogens is 147 g/mol. The summed E-state index contributed by atoms with van der Waals surface area (Å²) in [5.74, 6) is -0.163. The van der Waals surface area contributed by atoms with Crippen LogP contribution in [-0.2, 0) is 6.54 Å². The minimum atomic E-state index is -0.395. The van der Waals surface area contributed by atoms with Crippen molar-refractivity contribution in [3.05, 3.63) is 12.0 Å². The highest BCUT2D eigenvalue weighted by atomic mass is 19.1. The smallest absolute Gasteiger partial charge is 0.248 e. The first-order valence-corrected chi connectivity index (χ1v) is 3.63. The number of ether oxygens (including phenoxy) is 1. The zero-order valence-electron chi connectivity index (χ0n) is 6.67. The van der Waals surface area contributed by atoms with Crippen molar-refractivity contribution in [1.29, 1.82) is 0 Å². The summed E-state index contributed by atoms with van der Waals surface area (Å²) in [6.07, 6.45) is 1.16. The highest BCUT2D eigenvalue weighted by Gasteiger charge is 2.08. The van der Waals surface area contributed by atoms with Gasteiger partial charge in [-0.05, 0) is 13.8 Å². The predicted molar refractivity (Wildman–Crippen MR) is 39.0 cm³/mol. The topological polar surface area (TPSA) is 27.1 Å². The van der Waals surface area contributed by atoms with Crippen molar-refractivity contribution in [1.82, 2.24) is 9.78 Å². The maximum Gasteiger partial charge on any atom is 0.248 e. The number of hydrogen-bond acceptors (Lipinski definition) is 2. The first kappa shape index (κ1) is 8.04. The molecule has 1 heterocycles. The van der Waals surface area contributed by atoms with Gasteiger partial charge >= 0.3 is 0 Å². The molecule has 0 aromatic carbocycles. The van der Waals surface area contributed by atoms with E-state index in [2.05, 4.69) is 5.10 Å². The molecule has 0 bridgehead atoms. The number of rotatable bonds is 3. The van der Waals surface area contributed by atoms with Crippen molar-refractivity contribution in [2.45, 2.75) is 20.4 Å². The molecule has 4 heteroatoms. The zero-order chi connectivity index (χ0) is 8.27. The van der Waals surface area contributed by atoms with Gasteiger partial charge in [0.25, 0.3) is 0 Å². The molecule has 1 rings (SSSR count). The molecule has 0 aliphatic rings. The van der Waals surface area contributed by atoms with E-state index in [4.69, 9.17) is 4.74 Å². The number of aryl methyl sites for hydroxylation is 1. The van der Waals surface area contributed by atoms with E-state index in [1.165, 1.54) is 4.68 Å². The first-order valence-electron chi connectivity index (χ1n) is 3.63. The fraction of sp³-hybridized carbons (Fsp3) is 0.571. The quantitative estimate of drug-likeness (QED) is 0.665. The number of aromatic nitrogens is 2. The van der Waals surface area contributed by atoms with Crippen LogP contribution in [0.5, 0.6) is 5.88 Å². The molecule has 0 saturated heterocycles. The van der Waals surface area contributed by atoms with E-state index in [0.29, 0.717) is 13.2 Å². The Hall–Kier alpha value is -1.06. The average Bonchev–Trinajstić information content (AvgIpc) is 2.34. The van der Waals surface area contributed by atoms with E-state index in [1.807, 2.05) is 13.8 Å². The predicted octanol–water partition coefficient (Wildman–Crippen LogP) is 1.44. The Balaban J connectivity index is 2.88. The van der Waals surface area contributed by atoms with Crippen molar-refractivity contribution < 1.29 is 9.13 Å². The summed E-state index contributed by atoms with van der Waals surface area (Å²) in [7, 11) is 0. The van der Waals surface area contributed by atoms with Gasteiger partial charge in [-0.25, -0.2) is 4.68 Å². The Morgan fingerprint density at radius 3 is 2.91 bits per heavy atom. The monoisotopic (exact) mass is 158 g/mol. The second-order valence-corrected chi connectivity index (χ2v) is 2.05. The largest absolute Gasteiger partial charge is 0.476 e. The van der Waals surface area contributed by atoms with E-state index in [9.17, 15) is 4.39 Å². The van der Waals surface area contributed by atoms with E-state index in [1.54, 1.807) is 0 Å². The van der Waals surface area contributed by atoms with E-state index < -0.39 is 5.82 Å². The molecule has 11 heavy (non-hydrogen) atoms. The summed E-state index contributed by atoms with van der Waals surface area (Å²) in [6, 6.07) is 0. The van der Waals surface area contributed by atoms with Crippen LogP contribution in [0, 0.1) is 5.82 Å². The molecule has 62 valence electrons. The molecule has 0 aliphatic carbocycles. The van der Waals surface area contributed by atoms with Gasteiger partial charge in [0.1, 0.15) is 0 Å². The molecule has 0 unspecified atom stereocenters. The van der Waals surface area contributed by atoms with Gasteiger partial charge in [-0.3, -0.25) is 0 Å². The van der Waals surface area contributed by atoms with Crippen LogP contribution in [0.3, 0.4) is 0 Å². The summed E-state index contributed by atoms with van der Waals surface area (Å²) in [6.45, 7) is 4.78. The molecule has 1 aromatic rings. The third-order valence-electron chi connectivity index (χ3n) is 1.33. The van der Waals surface area contributed by atoms with Gasteiger partial charge in [-0.2, -0.15) is 9.49 Å². The minimum Gasteiger partial charge on any atom is -0.476 e. The van der Waals surface area contributed by atoms with Crippen molar-refractivity contribution in [3.8, 4) is 5.88 Å². The summed E-state index contributed by atoms with van der Waals surface area (Å²) < 4.78 is 19.3. The second kappa shape index (κ2) is 3.37. The van der Waals surface area contributed by atoms with Gasteiger partial charge < -0.3 is 4.74 Å². The molecule has 3 nitrogen and oxygen atoms in total. The third-order valence-corrected chi connectivity index (χ3v) is 1.33. The highest BCUT2D eigenvalue weighted by Crippen LogP contribution is 2.15. The van der Waals surface area contributed by atoms with Gasteiger partial charge in [-0.15, -0.1) is 0 Å². The molecule has 0 aliphatic heterocycles. The standard InChI is InChI=1S/C7H11FN2O/c1-3-10-7(11-4-2)6(8)5-9-10/h5H,3-4H2,1-2H3. The maximum atomic E-state index is 12.8. The first-order chi connectivity index (χ1) is 5.29. The van der Waals surface area contributed by atoms with E-state index in [-0.39, 0.29) is 5.88 Å². The average molecular weight is 158 g/mol. The Morgan fingerprint density at radius 2 is 2.36 bits per heavy atom. The second-order valence-electron chi connectivity index (χ2n) is 2.05. The van der Waals surface area contributed by atoms with Gasteiger partial charge in [-0.1, -0.05) is 0 Å². The Labute approximate surface area is 64.8 Å². The molecular formula is C7H11FN2O. The fourth-order valence-corrected chi connectivity index (χ4v) is 0.857. The van der Waals surface area contributed by atoms with Gasteiger partial charge in [0.05, 0.1) is 12.8 Å². The normalized spacial score (nSPS) is 10.1. The summed E-state index contributed by atoms with van der Waals surface area (Å²) in [5.41, 5.74) is 0. The van der Waals surface area contributed by atoms with Crippen molar-refractivity contribution in [2.24, 2.45) is 0 Å². The van der Waals surface area contributed by atoms with Crippen LogP contribution in [0.15, 0.2) is 6.20 Å². The van der Waals surface area contributed by atoms with Crippen LogP contribution in [0.4, 0.5) is 4.39 Å². The summed E-state index contributed by atoms with van der Waals surface area (Å²) in [4.78, 5) is 0. The molecule has 0 amide bonds. The fourth-order valence-electron chi connectivity index (χ4n) is 0.857. The lowest BCUT2D eigenvalue weighted by molar-refractivity contribution is 0.288. The lowest BCUT2D eigenvalue weighted by Crippen LogP contribution is -2.03. The minimum absolute atomic E-state index is 0.231. The number of hydrogen-bond donors (Lipinski definition) is 0. The molecule has 0 saturated carbocycles. The zero-order valence-corrected chi connectivity index (χ0v) is 6.67. The molecule has 0 N–H and O–H groups in total. The van der Waals surface area contributed by atoms with E-state index >= 15 is 0 Å². The van der Waals surface area contributed by atoms with E-state index in [0.717, 1.165) is 6.20 Å². The summed E-state index contributed by atoms with van der Waals surface area (Å²) in [5, 5.41) is 3.77. The molecule has 1 aromatic heterocycles. The van der Waals surface area contributed by atoms with Crippen molar-refractivity contribution in [3.63, 3.8) is 0 Å². The van der Waals surface area contributed by atoms with Crippen LogP contribution < -0.4 is 4.74 Å². The van der Waals surface area contributed by atoms with Crippen LogP contribution in [0.2, 0.25) is 0 Å². The Morgan fingerprint density at radius 1 is 1.64 bits per heavy atom. The molecule has 0 atom stereocenters. The maximum absolute atomic E-state index is 12.8. The van der Waals surface area contributed by atoms with Crippen LogP contribution >= 0.6 is 0 Å². The van der Waals surface area contributed by atoms with Gasteiger partial charge in [0, 0.05) is 6.54 Å².